The van der Waals surface area contributed by atoms with Crippen molar-refractivity contribution in [3.8, 4) is 0 Å². The molecule has 2 rings (SSSR count). The van der Waals surface area contributed by atoms with Crippen LogP contribution in [0.15, 0.2) is 6.07 Å². The van der Waals surface area contributed by atoms with Gasteiger partial charge in [0.05, 0.1) is 0 Å². The van der Waals surface area contributed by atoms with E-state index in [0.29, 0.717) is 11.7 Å². The van der Waals surface area contributed by atoms with Crippen LogP contribution in [0.3, 0.4) is 0 Å². The molecule has 0 radical (unpaired) electrons. The first-order valence-electron chi connectivity index (χ1n) is 6.11. The van der Waals surface area contributed by atoms with Gasteiger partial charge in [-0.2, -0.15) is 0 Å². The van der Waals surface area contributed by atoms with Gasteiger partial charge in [-0.05, 0) is 48.9 Å². The largest absolute Gasteiger partial charge is 0.294 e. The van der Waals surface area contributed by atoms with Gasteiger partial charge in [0.1, 0.15) is 0 Å². The van der Waals surface area contributed by atoms with E-state index in [1.165, 1.54) is 16.7 Å². The third-order valence-corrected chi connectivity index (χ3v) is 4.02. The van der Waals surface area contributed by atoms with Crippen LogP contribution in [0.25, 0.3) is 0 Å². The van der Waals surface area contributed by atoms with Gasteiger partial charge < -0.3 is 0 Å². The van der Waals surface area contributed by atoms with Crippen LogP contribution in [0, 0.1) is 19.3 Å². The van der Waals surface area contributed by atoms with E-state index in [1.54, 1.807) is 0 Å². The molecule has 1 aliphatic rings. The maximum atomic E-state index is 12.4. The number of alkyl halides is 1. The van der Waals surface area contributed by atoms with Gasteiger partial charge in [0.2, 0.25) is 0 Å². The van der Waals surface area contributed by atoms with Gasteiger partial charge in [-0.3, -0.25) is 4.79 Å². The highest BCUT2D eigenvalue weighted by molar-refractivity contribution is 6.18. The van der Waals surface area contributed by atoms with Crippen LogP contribution in [0.5, 0.6) is 0 Å². The van der Waals surface area contributed by atoms with Crippen LogP contribution < -0.4 is 0 Å². The first kappa shape index (κ1) is 12.6. The fraction of sp³-hybridized carbons (Fsp3) is 0.533. The van der Waals surface area contributed by atoms with Crippen LogP contribution in [0.4, 0.5) is 0 Å². The standard InChI is InChI=1S/C15H19ClO/c1-9-7-11-8-15(3,4)14(17)13(11)10(2)12(9)5-6-16/h7H,5-6,8H2,1-4H3. The van der Waals surface area contributed by atoms with Crippen LogP contribution in [-0.2, 0) is 12.8 Å². The molecule has 1 aliphatic carbocycles. The predicted molar refractivity (Wildman–Crippen MR) is 72.2 cm³/mol. The Hall–Kier alpha value is -0.820. The predicted octanol–water partition coefficient (Wildman–Crippen LogP) is 3.85. The molecular weight excluding hydrogens is 232 g/mol. The number of fused-ring (bicyclic) bond motifs is 1. The normalized spacial score (nSPS) is 17.4. The van der Waals surface area contributed by atoms with Crippen molar-refractivity contribution in [1.82, 2.24) is 0 Å². The van der Waals surface area contributed by atoms with Crippen LogP contribution in [-0.4, -0.2) is 11.7 Å². The second kappa shape index (κ2) is 4.13. The lowest BCUT2D eigenvalue weighted by molar-refractivity contribution is 0.0863. The first-order chi connectivity index (χ1) is 7.88. The summed E-state index contributed by atoms with van der Waals surface area (Å²) in [5, 5.41) is 0. The van der Waals surface area contributed by atoms with E-state index in [9.17, 15) is 4.79 Å². The molecule has 1 aromatic carbocycles. The van der Waals surface area contributed by atoms with Crippen molar-refractivity contribution < 1.29 is 4.79 Å². The van der Waals surface area contributed by atoms with Crippen molar-refractivity contribution >= 4 is 17.4 Å². The molecule has 0 bridgehead atoms. The third-order valence-electron chi connectivity index (χ3n) is 3.83. The zero-order valence-corrected chi connectivity index (χ0v) is 11.7. The average molecular weight is 251 g/mol. The van der Waals surface area contributed by atoms with Crippen molar-refractivity contribution in [1.29, 1.82) is 0 Å². The monoisotopic (exact) mass is 250 g/mol. The molecule has 0 aliphatic heterocycles. The summed E-state index contributed by atoms with van der Waals surface area (Å²) in [6.45, 7) is 8.24. The van der Waals surface area contributed by atoms with Gasteiger partial charge in [0.15, 0.2) is 5.78 Å². The van der Waals surface area contributed by atoms with Crippen LogP contribution in [0.1, 0.15) is 46.5 Å². The SMILES string of the molecule is Cc1cc2c(c(C)c1CCCl)C(=O)C(C)(C)C2. The van der Waals surface area contributed by atoms with Gasteiger partial charge in [-0.15, -0.1) is 11.6 Å². The van der Waals surface area contributed by atoms with Gasteiger partial charge in [0.25, 0.3) is 0 Å². The Morgan fingerprint density at radius 1 is 1.35 bits per heavy atom. The molecule has 2 heteroatoms. The summed E-state index contributed by atoms with van der Waals surface area (Å²) >= 11 is 5.84. The number of ketones is 1. The number of hydrogen-bond donors (Lipinski definition) is 0. The van der Waals surface area contributed by atoms with Gasteiger partial charge in [-0.25, -0.2) is 0 Å². The minimum absolute atomic E-state index is 0.237. The zero-order chi connectivity index (χ0) is 12.8. The summed E-state index contributed by atoms with van der Waals surface area (Å²) in [6, 6.07) is 2.18. The molecule has 0 spiro atoms. The summed E-state index contributed by atoms with van der Waals surface area (Å²) in [5.41, 5.74) is 5.61. The van der Waals surface area contributed by atoms with E-state index in [1.807, 2.05) is 13.8 Å². The van der Waals surface area contributed by atoms with E-state index in [4.69, 9.17) is 11.6 Å². The highest BCUT2D eigenvalue weighted by Crippen LogP contribution is 2.39. The second-order valence-electron chi connectivity index (χ2n) is 5.66. The molecule has 0 amide bonds. The second-order valence-corrected chi connectivity index (χ2v) is 6.04. The summed E-state index contributed by atoms with van der Waals surface area (Å²) in [6.07, 6.45) is 1.71. The molecule has 0 saturated heterocycles. The summed E-state index contributed by atoms with van der Waals surface area (Å²) in [4.78, 5) is 12.4. The highest BCUT2D eigenvalue weighted by Gasteiger charge is 2.39. The quantitative estimate of drug-likeness (QED) is 0.729. The lowest BCUT2D eigenvalue weighted by atomic mass is 9.88. The Bertz CT molecular complexity index is 486. The smallest absolute Gasteiger partial charge is 0.169 e. The third kappa shape index (κ3) is 1.91. The number of halogens is 1. The molecule has 0 heterocycles. The number of hydrogen-bond acceptors (Lipinski definition) is 1. The molecule has 0 saturated carbocycles. The fourth-order valence-electron chi connectivity index (χ4n) is 2.94. The molecule has 17 heavy (non-hydrogen) atoms. The Morgan fingerprint density at radius 3 is 2.59 bits per heavy atom. The van der Waals surface area contributed by atoms with E-state index < -0.39 is 0 Å². The van der Waals surface area contributed by atoms with Gasteiger partial charge >= 0.3 is 0 Å². The van der Waals surface area contributed by atoms with Crippen molar-refractivity contribution in [2.75, 3.05) is 5.88 Å². The van der Waals surface area contributed by atoms with Crippen molar-refractivity contribution in [2.45, 2.75) is 40.5 Å². The first-order valence-corrected chi connectivity index (χ1v) is 6.64. The van der Waals surface area contributed by atoms with Gasteiger partial charge in [-0.1, -0.05) is 19.9 Å². The fourth-order valence-corrected chi connectivity index (χ4v) is 3.13. The molecule has 0 unspecified atom stereocenters. The Morgan fingerprint density at radius 2 is 2.00 bits per heavy atom. The van der Waals surface area contributed by atoms with Crippen LogP contribution in [0.2, 0.25) is 0 Å². The highest BCUT2D eigenvalue weighted by atomic mass is 35.5. The summed E-state index contributed by atoms with van der Waals surface area (Å²) in [5.74, 6) is 0.902. The molecule has 0 fully saturated rings. The van der Waals surface area contributed by atoms with E-state index in [0.717, 1.165) is 24.0 Å². The molecule has 1 nitrogen and oxygen atoms in total. The van der Waals surface area contributed by atoms with E-state index >= 15 is 0 Å². The number of benzene rings is 1. The topological polar surface area (TPSA) is 17.1 Å². The molecular formula is C15H19ClO. The maximum absolute atomic E-state index is 12.4. The number of carbonyl (C=O) groups is 1. The Labute approximate surface area is 108 Å². The average Bonchev–Trinajstić information content (AvgIpc) is 2.44. The van der Waals surface area contributed by atoms with Crippen molar-refractivity contribution in [3.05, 3.63) is 33.9 Å². The minimum atomic E-state index is -0.237. The zero-order valence-electron chi connectivity index (χ0n) is 11.0. The maximum Gasteiger partial charge on any atom is 0.169 e. The summed E-state index contributed by atoms with van der Waals surface area (Å²) in [7, 11) is 0. The lowest BCUT2D eigenvalue weighted by Gasteiger charge is -2.14. The molecule has 0 N–H and O–H groups in total. The number of rotatable bonds is 2. The lowest BCUT2D eigenvalue weighted by Crippen LogP contribution is -2.19. The number of carbonyl (C=O) groups excluding carboxylic acids is 1. The molecule has 0 aromatic heterocycles. The summed E-state index contributed by atoms with van der Waals surface area (Å²) < 4.78 is 0. The van der Waals surface area contributed by atoms with E-state index in [2.05, 4.69) is 19.9 Å². The Kier molecular flexibility index (Phi) is 3.07. The number of Topliss-reactive ketones (excluding diaryl/α,β-unsaturated/α-hetero) is 1. The molecule has 0 atom stereocenters. The number of aryl methyl sites for hydroxylation is 1. The van der Waals surface area contributed by atoms with Crippen molar-refractivity contribution in [2.24, 2.45) is 5.41 Å². The molecule has 1 aromatic rings. The van der Waals surface area contributed by atoms with Gasteiger partial charge in [0, 0.05) is 16.9 Å². The van der Waals surface area contributed by atoms with Crippen molar-refractivity contribution in [3.63, 3.8) is 0 Å². The van der Waals surface area contributed by atoms with Crippen LogP contribution >= 0.6 is 11.6 Å². The molecule has 92 valence electrons. The Balaban J connectivity index is 2.62. The van der Waals surface area contributed by atoms with E-state index in [-0.39, 0.29) is 5.41 Å². The minimum Gasteiger partial charge on any atom is -0.294 e.